The van der Waals surface area contributed by atoms with Gasteiger partial charge in [0.1, 0.15) is 0 Å². The number of allylic oxidation sites excluding steroid dienone is 4. The van der Waals surface area contributed by atoms with Crippen molar-refractivity contribution in [3.8, 4) is 12.3 Å². The summed E-state index contributed by atoms with van der Waals surface area (Å²) >= 11 is 0. The molecule has 1 heteroatoms. The van der Waals surface area contributed by atoms with Gasteiger partial charge in [0.15, 0.2) is 0 Å². The van der Waals surface area contributed by atoms with Gasteiger partial charge in [-0.05, 0) is 39.2 Å². The van der Waals surface area contributed by atoms with Gasteiger partial charge in [-0.3, -0.25) is 0 Å². The van der Waals surface area contributed by atoms with Crippen LogP contribution in [0, 0.1) is 18.3 Å². The Morgan fingerprint density at radius 1 is 1.41 bits per heavy atom. The van der Waals surface area contributed by atoms with E-state index in [0.29, 0.717) is 12.0 Å². The number of terminal acetylenes is 1. The molecule has 0 bridgehead atoms. The van der Waals surface area contributed by atoms with Crippen molar-refractivity contribution < 1.29 is 0 Å². The van der Waals surface area contributed by atoms with Gasteiger partial charge in [0.05, 0.1) is 0 Å². The summed E-state index contributed by atoms with van der Waals surface area (Å²) in [5, 5.41) is 3.56. The van der Waals surface area contributed by atoms with Gasteiger partial charge in [-0.1, -0.05) is 29.9 Å². The molecular weight excluding hydrogens is 206 g/mol. The van der Waals surface area contributed by atoms with Crippen LogP contribution in [0.15, 0.2) is 35.5 Å². The van der Waals surface area contributed by atoms with Crippen LogP contribution in [-0.2, 0) is 0 Å². The van der Waals surface area contributed by atoms with Crippen LogP contribution in [0.4, 0.5) is 0 Å². The molecule has 0 aromatic heterocycles. The first-order chi connectivity index (χ1) is 8.19. The molecule has 1 aliphatic rings. The molecule has 0 aliphatic heterocycles. The highest BCUT2D eigenvalue weighted by molar-refractivity contribution is 5.29. The van der Waals surface area contributed by atoms with Crippen molar-refractivity contribution in [3.05, 3.63) is 35.5 Å². The maximum atomic E-state index is 5.38. The third kappa shape index (κ3) is 4.63. The minimum Gasteiger partial charge on any atom is -0.310 e. The quantitative estimate of drug-likeness (QED) is 0.562. The van der Waals surface area contributed by atoms with Crippen molar-refractivity contribution in [1.29, 1.82) is 0 Å². The number of hydrogen-bond acceptors (Lipinski definition) is 1. The van der Waals surface area contributed by atoms with Gasteiger partial charge < -0.3 is 5.32 Å². The predicted molar refractivity (Wildman–Crippen MR) is 75.7 cm³/mol. The van der Waals surface area contributed by atoms with E-state index in [9.17, 15) is 0 Å². The molecule has 1 N–H and O–H groups in total. The van der Waals surface area contributed by atoms with E-state index >= 15 is 0 Å². The summed E-state index contributed by atoms with van der Waals surface area (Å²) in [5.41, 5.74) is 2.63. The van der Waals surface area contributed by atoms with Crippen molar-refractivity contribution in [1.82, 2.24) is 5.32 Å². The number of nitrogens with one attached hydrogen (secondary N) is 1. The highest BCUT2D eigenvalue weighted by atomic mass is 14.9. The Hall–Kier alpha value is -1.26. The van der Waals surface area contributed by atoms with Crippen molar-refractivity contribution in [2.75, 3.05) is 6.54 Å². The topological polar surface area (TPSA) is 12.0 Å². The van der Waals surface area contributed by atoms with E-state index in [4.69, 9.17) is 6.42 Å². The van der Waals surface area contributed by atoms with Crippen LogP contribution in [0.25, 0.3) is 0 Å². The van der Waals surface area contributed by atoms with Crippen molar-refractivity contribution in [3.63, 3.8) is 0 Å². The molecule has 0 aromatic carbocycles. The Kier molecular flexibility index (Phi) is 5.80. The highest BCUT2D eigenvalue weighted by Gasteiger charge is 2.26. The minimum atomic E-state index is 0.499. The first kappa shape index (κ1) is 13.8. The third-order valence-electron chi connectivity index (χ3n) is 3.22. The second-order valence-electron chi connectivity index (χ2n) is 4.66. The zero-order chi connectivity index (χ0) is 12.7. The molecule has 0 radical (unpaired) electrons. The summed E-state index contributed by atoms with van der Waals surface area (Å²) in [4.78, 5) is 0. The molecule has 0 heterocycles. The monoisotopic (exact) mass is 229 g/mol. The smallest absolute Gasteiger partial charge is 0.0229 e. The zero-order valence-electron chi connectivity index (χ0n) is 11.2. The van der Waals surface area contributed by atoms with E-state index in [-0.39, 0.29) is 0 Å². The van der Waals surface area contributed by atoms with E-state index < -0.39 is 0 Å². The molecule has 1 aliphatic carbocycles. The fourth-order valence-electron chi connectivity index (χ4n) is 1.93. The zero-order valence-corrected chi connectivity index (χ0v) is 11.2. The average molecular weight is 229 g/mol. The average Bonchev–Trinajstić information content (AvgIpc) is 2.27. The Bertz CT molecular complexity index is 359. The van der Waals surface area contributed by atoms with Gasteiger partial charge >= 0.3 is 0 Å². The Morgan fingerprint density at radius 3 is 2.65 bits per heavy atom. The van der Waals surface area contributed by atoms with Gasteiger partial charge in [0.2, 0.25) is 0 Å². The fourth-order valence-corrected chi connectivity index (χ4v) is 1.93. The van der Waals surface area contributed by atoms with Crippen molar-refractivity contribution in [2.24, 2.45) is 5.92 Å². The lowest BCUT2D eigenvalue weighted by molar-refractivity contribution is 0.284. The molecular formula is C16H23N. The molecule has 1 rings (SSSR count). The summed E-state index contributed by atoms with van der Waals surface area (Å²) in [6.45, 7) is 7.17. The lowest BCUT2D eigenvalue weighted by atomic mass is 9.81. The minimum absolute atomic E-state index is 0.499. The first-order valence-electron chi connectivity index (χ1n) is 6.35. The molecule has 0 spiro atoms. The summed E-state index contributed by atoms with van der Waals surface area (Å²) in [5.74, 6) is 3.31. The van der Waals surface area contributed by atoms with E-state index in [2.05, 4.69) is 56.3 Å². The first-order valence-corrected chi connectivity index (χ1v) is 6.35. The van der Waals surface area contributed by atoms with Crippen molar-refractivity contribution in [2.45, 2.75) is 39.7 Å². The Morgan fingerprint density at radius 2 is 2.12 bits per heavy atom. The van der Waals surface area contributed by atoms with Crippen LogP contribution in [0.1, 0.15) is 33.6 Å². The van der Waals surface area contributed by atoms with Gasteiger partial charge in [0.25, 0.3) is 0 Å². The van der Waals surface area contributed by atoms with Gasteiger partial charge in [-0.25, -0.2) is 0 Å². The lowest BCUT2D eigenvalue weighted by Crippen LogP contribution is -2.41. The lowest BCUT2D eigenvalue weighted by Gasteiger charge is -2.32. The molecule has 1 fully saturated rings. The number of hydrogen-bond donors (Lipinski definition) is 1. The predicted octanol–water partition coefficient (Wildman–Crippen LogP) is 3.46. The normalized spacial score (nSPS) is 25.8. The molecule has 1 saturated carbocycles. The molecule has 0 saturated heterocycles. The van der Waals surface area contributed by atoms with Crippen LogP contribution in [0.5, 0.6) is 0 Å². The molecule has 92 valence electrons. The van der Waals surface area contributed by atoms with Crippen molar-refractivity contribution >= 4 is 0 Å². The van der Waals surface area contributed by atoms with E-state index in [0.717, 1.165) is 19.4 Å². The summed E-state index contributed by atoms with van der Waals surface area (Å²) in [7, 11) is 0. The Balaban J connectivity index is 2.41. The standard InChI is InChI=1S/C16H23N/c1-5-8-15(9-13(4)6-2)12-17-16-10-14(7-3)11-16/h3,5-6,8-9,14,16-17H,10-12H2,1-2,4H3/b8-5-,13-6+,15-9+. The second-order valence-corrected chi connectivity index (χ2v) is 4.66. The van der Waals surface area contributed by atoms with Crippen LogP contribution in [-0.4, -0.2) is 12.6 Å². The summed E-state index contributed by atoms with van der Waals surface area (Å²) in [6.07, 6.45) is 16.2. The second kappa shape index (κ2) is 7.14. The van der Waals surface area contributed by atoms with Gasteiger partial charge in [-0.15, -0.1) is 12.3 Å². The third-order valence-corrected chi connectivity index (χ3v) is 3.22. The molecule has 1 nitrogen and oxygen atoms in total. The highest BCUT2D eigenvalue weighted by Crippen LogP contribution is 2.26. The summed E-state index contributed by atoms with van der Waals surface area (Å²) in [6, 6.07) is 0.607. The maximum Gasteiger partial charge on any atom is 0.0229 e. The van der Waals surface area contributed by atoms with Crippen LogP contribution in [0.2, 0.25) is 0 Å². The van der Waals surface area contributed by atoms with Gasteiger partial charge in [-0.2, -0.15) is 0 Å². The number of rotatable bonds is 5. The van der Waals surface area contributed by atoms with Gasteiger partial charge in [0, 0.05) is 18.5 Å². The largest absolute Gasteiger partial charge is 0.310 e. The van der Waals surface area contributed by atoms with E-state index in [1.165, 1.54) is 11.1 Å². The summed E-state index contributed by atoms with van der Waals surface area (Å²) < 4.78 is 0. The SMILES string of the molecule is C#CC1CC(NCC(/C=C\C)=C/C(C)=C/C)C1. The van der Waals surface area contributed by atoms with E-state index in [1.54, 1.807) is 0 Å². The molecule has 0 amide bonds. The van der Waals surface area contributed by atoms with E-state index in [1.807, 2.05) is 0 Å². The maximum absolute atomic E-state index is 5.38. The molecule has 0 aromatic rings. The molecule has 0 atom stereocenters. The van der Waals surface area contributed by atoms with Crippen LogP contribution >= 0.6 is 0 Å². The van der Waals surface area contributed by atoms with Crippen LogP contribution < -0.4 is 5.32 Å². The van der Waals surface area contributed by atoms with Crippen LogP contribution in [0.3, 0.4) is 0 Å². The Labute approximate surface area is 106 Å². The molecule has 17 heavy (non-hydrogen) atoms. The fraction of sp³-hybridized carbons (Fsp3) is 0.500. The molecule has 0 unspecified atom stereocenters.